The van der Waals surface area contributed by atoms with Gasteiger partial charge in [-0.1, -0.05) is 174 Å². The molecule has 0 unspecified atom stereocenters. The molecule has 0 saturated carbocycles. The number of ether oxygens (including phenoxy) is 2. The van der Waals surface area contributed by atoms with E-state index in [1.54, 1.807) is 0 Å². The van der Waals surface area contributed by atoms with Gasteiger partial charge in [0.2, 0.25) is 0 Å². The second-order valence-corrected chi connectivity index (χ2v) is 14.9. The third-order valence-electron chi connectivity index (χ3n) is 8.82. The number of hydrogen-bond acceptors (Lipinski definition) is 5. The highest BCUT2D eigenvalue weighted by Gasteiger charge is 2.21. The summed E-state index contributed by atoms with van der Waals surface area (Å²) in [5.74, 6) is -0.368. The molecule has 7 nitrogen and oxygen atoms in total. The smallest absolute Gasteiger partial charge is 0.457 e. The standard InChI is InChI=1S/C39H77O7P/c1-3-5-7-9-11-13-15-17-19-21-23-25-27-29-31-33-35-44-36-38(37-45-47(41,42)43)46-39(40)34-32-30-28-26-24-22-20-18-16-14-12-10-8-6-4-2/h18,20,38H,3-17,19,21-37H2,1-2H3,(H2,41,42,43)/b20-18-/t38-/m1/s1. The Balaban J connectivity index is 3.79. The fourth-order valence-electron chi connectivity index (χ4n) is 5.85. The van der Waals surface area contributed by atoms with E-state index in [2.05, 4.69) is 30.5 Å². The van der Waals surface area contributed by atoms with Gasteiger partial charge in [-0.3, -0.25) is 9.32 Å². The second-order valence-electron chi connectivity index (χ2n) is 13.6. The number of rotatable bonds is 38. The molecular formula is C39H77O7P. The van der Waals surface area contributed by atoms with Crippen LogP contribution in [0.25, 0.3) is 0 Å². The van der Waals surface area contributed by atoms with Gasteiger partial charge in [-0.2, -0.15) is 0 Å². The first-order valence-corrected chi connectivity index (χ1v) is 21.5. The number of carbonyl (C=O) groups excluding carboxylic acids is 1. The minimum Gasteiger partial charge on any atom is -0.457 e. The summed E-state index contributed by atoms with van der Waals surface area (Å²) in [6, 6.07) is 0. The zero-order valence-corrected chi connectivity index (χ0v) is 31.8. The Labute approximate surface area is 291 Å². The Morgan fingerprint density at radius 1 is 0.553 bits per heavy atom. The van der Waals surface area contributed by atoms with Crippen LogP contribution in [0.4, 0.5) is 0 Å². The van der Waals surface area contributed by atoms with E-state index in [0.717, 1.165) is 44.9 Å². The molecule has 0 aromatic rings. The third-order valence-corrected chi connectivity index (χ3v) is 9.30. The van der Waals surface area contributed by atoms with Crippen molar-refractivity contribution in [1.29, 1.82) is 0 Å². The van der Waals surface area contributed by atoms with E-state index in [9.17, 15) is 9.36 Å². The topological polar surface area (TPSA) is 102 Å². The van der Waals surface area contributed by atoms with Crippen LogP contribution >= 0.6 is 7.82 Å². The lowest BCUT2D eigenvalue weighted by Gasteiger charge is -2.18. The zero-order chi connectivity index (χ0) is 34.5. The Hall–Kier alpha value is -0.720. The van der Waals surface area contributed by atoms with Crippen LogP contribution in [0, 0.1) is 0 Å². The molecular weight excluding hydrogens is 611 g/mol. The summed E-state index contributed by atoms with van der Waals surface area (Å²) in [6.07, 6.45) is 40.6. The first-order valence-electron chi connectivity index (χ1n) is 20.0. The van der Waals surface area contributed by atoms with Crippen molar-refractivity contribution in [2.45, 2.75) is 213 Å². The van der Waals surface area contributed by atoms with Gasteiger partial charge >= 0.3 is 13.8 Å². The maximum Gasteiger partial charge on any atom is 0.469 e. The summed E-state index contributed by atoms with van der Waals surface area (Å²) < 4.78 is 26.9. The summed E-state index contributed by atoms with van der Waals surface area (Å²) in [6.45, 7) is 4.77. The van der Waals surface area contributed by atoms with Gasteiger partial charge in [-0.15, -0.1) is 0 Å². The van der Waals surface area contributed by atoms with E-state index in [1.165, 1.54) is 141 Å². The first-order chi connectivity index (χ1) is 22.9. The number of carbonyl (C=O) groups is 1. The minimum absolute atomic E-state index is 0.0802. The van der Waals surface area contributed by atoms with Crippen LogP contribution in [0.5, 0.6) is 0 Å². The average Bonchev–Trinajstić information content (AvgIpc) is 3.04. The van der Waals surface area contributed by atoms with Crippen molar-refractivity contribution < 1.29 is 33.1 Å². The molecule has 47 heavy (non-hydrogen) atoms. The predicted molar refractivity (Wildman–Crippen MR) is 198 cm³/mol. The van der Waals surface area contributed by atoms with Gasteiger partial charge in [-0.05, 0) is 38.5 Å². The van der Waals surface area contributed by atoms with Crippen LogP contribution in [0.2, 0.25) is 0 Å². The van der Waals surface area contributed by atoms with E-state index >= 15 is 0 Å². The van der Waals surface area contributed by atoms with Crippen molar-refractivity contribution in [3.8, 4) is 0 Å². The van der Waals surface area contributed by atoms with Gasteiger partial charge in [-0.25, -0.2) is 4.57 Å². The highest BCUT2D eigenvalue weighted by Crippen LogP contribution is 2.36. The van der Waals surface area contributed by atoms with Gasteiger partial charge < -0.3 is 19.3 Å². The molecule has 0 amide bonds. The van der Waals surface area contributed by atoms with Crippen molar-refractivity contribution in [3.05, 3.63) is 12.2 Å². The largest absolute Gasteiger partial charge is 0.469 e. The number of unbranched alkanes of at least 4 members (excludes halogenated alkanes) is 26. The highest BCUT2D eigenvalue weighted by atomic mass is 31.2. The molecule has 0 spiro atoms. The lowest BCUT2D eigenvalue weighted by Crippen LogP contribution is -2.28. The molecule has 0 aromatic carbocycles. The summed E-state index contributed by atoms with van der Waals surface area (Å²) in [5.41, 5.74) is 0. The lowest BCUT2D eigenvalue weighted by molar-refractivity contribution is -0.154. The molecule has 0 aliphatic rings. The van der Waals surface area contributed by atoms with E-state index in [1.807, 2.05) is 0 Å². The quantitative estimate of drug-likeness (QED) is 0.0288. The van der Waals surface area contributed by atoms with Crippen molar-refractivity contribution in [2.75, 3.05) is 19.8 Å². The number of esters is 1. The van der Waals surface area contributed by atoms with Crippen LogP contribution in [0.15, 0.2) is 12.2 Å². The fourth-order valence-corrected chi connectivity index (χ4v) is 6.21. The Morgan fingerprint density at radius 3 is 1.36 bits per heavy atom. The number of hydrogen-bond donors (Lipinski definition) is 2. The van der Waals surface area contributed by atoms with Crippen LogP contribution < -0.4 is 0 Å². The molecule has 0 heterocycles. The Morgan fingerprint density at radius 2 is 0.936 bits per heavy atom. The molecule has 0 fully saturated rings. The summed E-state index contributed by atoms with van der Waals surface area (Å²) in [4.78, 5) is 30.5. The summed E-state index contributed by atoms with van der Waals surface area (Å²) in [7, 11) is -4.65. The zero-order valence-electron chi connectivity index (χ0n) is 30.9. The lowest BCUT2D eigenvalue weighted by atomic mass is 10.0. The van der Waals surface area contributed by atoms with Gasteiger partial charge in [0.05, 0.1) is 13.2 Å². The number of phosphoric ester groups is 1. The molecule has 0 rings (SSSR count). The van der Waals surface area contributed by atoms with E-state index in [4.69, 9.17) is 19.3 Å². The van der Waals surface area contributed by atoms with Crippen molar-refractivity contribution in [2.24, 2.45) is 0 Å². The average molecular weight is 689 g/mol. The first kappa shape index (κ1) is 46.3. The summed E-state index contributed by atoms with van der Waals surface area (Å²) in [5, 5.41) is 0. The number of phosphoric acid groups is 1. The molecule has 8 heteroatoms. The van der Waals surface area contributed by atoms with Crippen LogP contribution in [-0.2, 0) is 23.4 Å². The van der Waals surface area contributed by atoms with E-state index < -0.39 is 13.9 Å². The SMILES string of the molecule is CCCCCCCC/C=C\CCCCCCCC(=O)O[C@H](COCCCCCCCCCCCCCCCCCC)COP(=O)(O)O. The molecule has 0 bridgehead atoms. The molecule has 0 aromatic heterocycles. The predicted octanol–water partition coefficient (Wildman–Crippen LogP) is 12.3. The van der Waals surface area contributed by atoms with Crippen LogP contribution in [-0.4, -0.2) is 41.7 Å². The van der Waals surface area contributed by atoms with Gasteiger partial charge in [0.15, 0.2) is 0 Å². The van der Waals surface area contributed by atoms with Crippen molar-refractivity contribution >= 4 is 13.8 Å². The Bertz CT molecular complexity index is 724. The third kappa shape index (κ3) is 39.6. The molecule has 0 aliphatic carbocycles. The molecule has 0 aliphatic heterocycles. The maximum atomic E-state index is 12.4. The minimum atomic E-state index is -4.65. The molecule has 0 saturated heterocycles. The van der Waals surface area contributed by atoms with Gasteiger partial charge in [0.25, 0.3) is 0 Å². The van der Waals surface area contributed by atoms with E-state index in [-0.39, 0.29) is 19.2 Å². The normalized spacial score (nSPS) is 12.7. The van der Waals surface area contributed by atoms with Crippen molar-refractivity contribution in [1.82, 2.24) is 0 Å². The number of allylic oxidation sites excluding steroid dienone is 2. The van der Waals surface area contributed by atoms with Crippen molar-refractivity contribution in [3.63, 3.8) is 0 Å². The summed E-state index contributed by atoms with van der Waals surface area (Å²) >= 11 is 0. The molecule has 0 radical (unpaired) electrons. The van der Waals surface area contributed by atoms with Gasteiger partial charge in [0, 0.05) is 13.0 Å². The molecule has 280 valence electrons. The van der Waals surface area contributed by atoms with Gasteiger partial charge in [0.1, 0.15) is 6.10 Å². The van der Waals surface area contributed by atoms with E-state index in [0.29, 0.717) is 13.0 Å². The van der Waals surface area contributed by atoms with Crippen LogP contribution in [0.1, 0.15) is 206 Å². The maximum absolute atomic E-state index is 12.4. The fraction of sp³-hybridized carbons (Fsp3) is 0.923. The Kier molecular flexibility index (Phi) is 36.0. The molecule has 2 N–H and O–H groups in total. The highest BCUT2D eigenvalue weighted by molar-refractivity contribution is 7.46. The molecule has 1 atom stereocenters. The van der Waals surface area contributed by atoms with Crippen LogP contribution in [0.3, 0.4) is 0 Å². The second kappa shape index (κ2) is 36.6. The monoisotopic (exact) mass is 689 g/mol.